The van der Waals surface area contributed by atoms with E-state index in [0.29, 0.717) is 0 Å². The molecule has 5 heteroatoms. The number of rotatable bonds is 4. The summed E-state index contributed by atoms with van der Waals surface area (Å²) in [7, 11) is 0. The van der Waals surface area contributed by atoms with E-state index in [-0.39, 0.29) is 17.2 Å². The molecule has 0 aliphatic heterocycles. The third-order valence-corrected chi connectivity index (χ3v) is 4.50. The number of fused-ring (bicyclic) bond motifs is 1. The largest absolute Gasteiger partial charge is 0.336 e. The Balaban J connectivity index is 1.90. The summed E-state index contributed by atoms with van der Waals surface area (Å²) in [5.41, 5.74) is 2.82. The number of hydrogen-bond donors (Lipinski definition) is 2. The van der Waals surface area contributed by atoms with Crippen LogP contribution >= 0.6 is 11.8 Å². The highest BCUT2D eigenvalue weighted by atomic mass is 32.2. The van der Waals surface area contributed by atoms with Gasteiger partial charge in [0.25, 0.3) is 0 Å². The standard InChI is InChI=1S/C16H22N2O2S/c1-10(2)17-16(20)18-15(19)11(3)21-14-8-7-12-5-4-6-13(12)9-14/h7-11H,4-6H2,1-3H3,(H2,17,18,19,20)/t11-/m1/s1. The molecule has 0 fully saturated rings. The molecule has 0 saturated carbocycles. The predicted molar refractivity (Wildman–Crippen MR) is 85.6 cm³/mol. The lowest BCUT2D eigenvalue weighted by Gasteiger charge is -2.13. The summed E-state index contributed by atoms with van der Waals surface area (Å²) < 4.78 is 0. The van der Waals surface area contributed by atoms with Crippen molar-refractivity contribution >= 4 is 23.7 Å². The Morgan fingerprint density at radius 2 is 1.86 bits per heavy atom. The molecule has 114 valence electrons. The zero-order valence-electron chi connectivity index (χ0n) is 12.7. The Kier molecular flexibility index (Phi) is 5.28. The molecule has 21 heavy (non-hydrogen) atoms. The molecule has 1 atom stereocenters. The van der Waals surface area contributed by atoms with Crippen LogP contribution in [0.2, 0.25) is 0 Å². The third kappa shape index (κ3) is 4.49. The van der Waals surface area contributed by atoms with Gasteiger partial charge in [-0.25, -0.2) is 4.79 Å². The van der Waals surface area contributed by atoms with E-state index in [1.807, 2.05) is 20.8 Å². The van der Waals surface area contributed by atoms with Crippen LogP contribution in [0, 0.1) is 0 Å². The number of carbonyl (C=O) groups excluding carboxylic acids is 2. The Labute approximate surface area is 130 Å². The zero-order valence-corrected chi connectivity index (χ0v) is 13.5. The highest BCUT2D eigenvalue weighted by Crippen LogP contribution is 2.29. The predicted octanol–water partition coefficient (Wildman–Crippen LogP) is 2.89. The zero-order chi connectivity index (χ0) is 15.4. The smallest absolute Gasteiger partial charge is 0.321 e. The Morgan fingerprint density at radius 1 is 1.14 bits per heavy atom. The van der Waals surface area contributed by atoms with Crippen molar-refractivity contribution in [1.82, 2.24) is 10.6 Å². The number of amides is 3. The van der Waals surface area contributed by atoms with Gasteiger partial charge in [0, 0.05) is 10.9 Å². The molecule has 2 N–H and O–H groups in total. The molecule has 0 radical (unpaired) electrons. The summed E-state index contributed by atoms with van der Waals surface area (Å²) in [4.78, 5) is 24.6. The highest BCUT2D eigenvalue weighted by molar-refractivity contribution is 8.00. The molecule has 0 bridgehead atoms. The van der Waals surface area contributed by atoms with Crippen LogP contribution in [-0.4, -0.2) is 23.2 Å². The lowest BCUT2D eigenvalue weighted by molar-refractivity contribution is -0.119. The Hall–Kier alpha value is -1.49. The highest BCUT2D eigenvalue weighted by Gasteiger charge is 2.18. The molecular weight excluding hydrogens is 284 g/mol. The third-order valence-electron chi connectivity index (χ3n) is 3.41. The van der Waals surface area contributed by atoms with Gasteiger partial charge in [0.05, 0.1) is 5.25 Å². The van der Waals surface area contributed by atoms with Crippen LogP contribution in [0.5, 0.6) is 0 Å². The minimum Gasteiger partial charge on any atom is -0.336 e. The molecule has 0 aromatic heterocycles. The number of thioether (sulfide) groups is 1. The SMILES string of the molecule is CC(C)NC(=O)NC(=O)[C@@H](C)Sc1ccc2c(c1)CCC2. The monoisotopic (exact) mass is 306 g/mol. The Morgan fingerprint density at radius 3 is 2.57 bits per heavy atom. The first-order chi connectivity index (χ1) is 9.95. The average Bonchev–Trinajstić information content (AvgIpc) is 2.84. The number of hydrogen-bond acceptors (Lipinski definition) is 3. The van der Waals surface area contributed by atoms with Gasteiger partial charge >= 0.3 is 6.03 Å². The average molecular weight is 306 g/mol. The molecule has 0 unspecified atom stereocenters. The molecule has 1 aromatic rings. The molecule has 1 aliphatic rings. The van der Waals surface area contributed by atoms with E-state index < -0.39 is 6.03 Å². The van der Waals surface area contributed by atoms with Crippen molar-refractivity contribution < 1.29 is 9.59 Å². The summed E-state index contributed by atoms with van der Waals surface area (Å²) in [5, 5.41) is 4.72. The summed E-state index contributed by atoms with van der Waals surface area (Å²) in [5.74, 6) is -0.265. The quantitative estimate of drug-likeness (QED) is 0.841. The first-order valence-electron chi connectivity index (χ1n) is 7.35. The van der Waals surface area contributed by atoms with Gasteiger partial charge in [-0.1, -0.05) is 6.07 Å². The van der Waals surface area contributed by atoms with Gasteiger partial charge in [0.15, 0.2) is 0 Å². The van der Waals surface area contributed by atoms with Gasteiger partial charge in [0.1, 0.15) is 0 Å². The summed E-state index contributed by atoms with van der Waals surface area (Å²) in [6, 6.07) is 5.97. The first kappa shape index (κ1) is 15.9. The number of carbonyl (C=O) groups is 2. The van der Waals surface area contributed by atoms with Crippen LogP contribution in [0.4, 0.5) is 4.79 Å². The van der Waals surface area contributed by atoms with Crippen molar-refractivity contribution in [2.75, 3.05) is 0 Å². The number of imide groups is 1. The van der Waals surface area contributed by atoms with Crippen molar-refractivity contribution in [2.24, 2.45) is 0 Å². The van der Waals surface area contributed by atoms with Gasteiger partial charge in [0.2, 0.25) is 5.91 Å². The van der Waals surface area contributed by atoms with Crippen molar-refractivity contribution in [3.8, 4) is 0 Å². The fourth-order valence-corrected chi connectivity index (χ4v) is 3.32. The van der Waals surface area contributed by atoms with Crippen LogP contribution in [0.3, 0.4) is 0 Å². The van der Waals surface area contributed by atoms with Crippen LogP contribution in [0.25, 0.3) is 0 Å². The molecular formula is C16H22N2O2S. The van der Waals surface area contributed by atoms with E-state index in [4.69, 9.17) is 0 Å². The molecule has 0 spiro atoms. The van der Waals surface area contributed by atoms with Crippen LogP contribution < -0.4 is 10.6 Å². The summed E-state index contributed by atoms with van der Waals surface area (Å²) >= 11 is 1.49. The normalized spacial score (nSPS) is 14.7. The number of nitrogens with one attached hydrogen (secondary N) is 2. The van der Waals surface area contributed by atoms with E-state index in [0.717, 1.165) is 17.7 Å². The summed E-state index contributed by atoms with van der Waals surface area (Å²) in [6.07, 6.45) is 3.50. The number of urea groups is 1. The topological polar surface area (TPSA) is 58.2 Å². The number of aryl methyl sites for hydroxylation is 2. The van der Waals surface area contributed by atoms with E-state index >= 15 is 0 Å². The van der Waals surface area contributed by atoms with Crippen molar-refractivity contribution in [3.63, 3.8) is 0 Å². The van der Waals surface area contributed by atoms with E-state index in [1.54, 1.807) is 0 Å². The van der Waals surface area contributed by atoms with Crippen molar-refractivity contribution in [1.29, 1.82) is 0 Å². The molecule has 1 aromatic carbocycles. The lowest BCUT2D eigenvalue weighted by atomic mass is 10.1. The minimum absolute atomic E-state index is 0.0115. The molecule has 2 rings (SSSR count). The second-order valence-electron chi connectivity index (χ2n) is 5.66. The van der Waals surface area contributed by atoms with Gasteiger partial charge in [-0.2, -0.15) is 0 Å². The van der Waals surface area contributed by atoms with Crippen molar-refractivity contribution in [2.45, 2.75) is 56.2 Å². The minimum atomic E-state index is -0.434. The van der Waals surface area contributed by atoms with Gasteiger partial charge in [-0.05, 0) is 63.3 Å². The molecule has 0 heterocycles. The van der Waals surface area contributed by atoms with Crippen LogP contribution in [0.15, 0.2) is 23.1 Å². The fourth-order valence-electron chi connectivity index (χ4n) is 2.39. The fraction of sp³-hybridized carbons (Fsp3) is 0.500. The maximum Gasteiger partial charge on any atom is 0.321 e. The van der Waals surface area contributed by atoms with E-state index in [1.165, 1.54) is 29.3 Å². The van der Waals surface area contributed by atoms with Crippen LogP contribution in [-0.2, 0) is 17.6 Å². The molecule has 3 amide bonds. The second kappa shape index (κ2) is 6.98. The van der Waals surface area contributed by atoms with Crippen molar-refractivity contribution in [3.05, 3.63) is 29.3 Å². The van der Waals surface area contributed by atoms with Crippen LogP contribution in [0.1, 0.15) is 38.3 Å². The van der Waals surface area contributed by atoms with E-state index in [9.17, 15) is 9.59 Å². The Bertz CT molecular complexity index is 543. The second-order valence-corrected chi connectivity index (χ2v) is 7.08. The summed E-state index contributed by atoms with van der Waals surface area (Å²) in [6.45, 7) is 5.52. The van der Waals surface area contributed by atoms with Gasteiger partial charge < -0.3 is 5.32 Å². The molecule has 0 saturated heterocycles. The molecule has 4 nitrogen and oxygen atoms in total. The maximum atomic E-state index is 12.0. The van der Waals surface area contributed by atoms with Gasteiger partial charge in [-0.15, -0.1) is 11.8 Å². The van der Waals surface area contributed by atoms with E-state index in [2.05, 4.69) is 28.8 Å². The first-order valence-corrected chi connectivity index (χ1v) is 8.23. The van der Waals surface area contributed by atoms with Gasteiger partial charge in [-0.3, -0.25) is 10.1 Å². The lowest BCUT2D eigenvalue weighted by Crippen LogP contribution is -2.45. The number of benzene rings is 1. The molecule has 1 aliphatic carbocycles. The maximum absolute atomic E-state index is 12.0.